The molecule has 0 aromatic heterocycles. The van der Waals surface area contributed by atoms with E-state index in [1.807, 2.05) is 30.3 Å². The summed E-state index contributed by atoms with van der Waals surface area (Å²) in [5.41, 5.74) is 6.08. The first-order valence-corrected chi connectivity index (χ1v) is 11.2. The van der Waals surface area contributed by atoms with Crippen LogP contribution in [0, 0.1) is 0 Å². The molecule has 172 valence electrons. The number of primary amides is 1. The first-order valence-electron chi connectivity index (χ1n) is 10.4. The van der Waals surface area contributed by atoms with Crippen LogP contribution in [0.1, 0.15) is 22.8 Å². The van der Waals surface area contributed by atoms with Gasteiger partial charge in [-0.25, -0.2) is 4.79 Å². The average molecular weight is 477 g/mol. The molecule has 1 aliphatic rings. The van der Waals surface area contributed by atoms with Crippen molar-refractivity contribution >= 4 is 51.6 Å². The molecule has 1 fully saturated rings. The van der Waals surface area contributed by atoms with Gasteiger partial charge in [0.2, 0.25) is 5.91 Å². The van der Waals surface area contributed by atoms with E-state index in [0.717, 1.165) is 15.7 Å². The molecule has 0 unspecified atom stereocenters. The zero-order valence-corrected chi connectivity index (χ0v) is 19.0. The van der Waals surface area contributed by atoms with Crippen molar-refractivity contribution in [2.45, 2.75) is 6.92 Å². The molecule has 0 atom stereocenters. The van der Waals surface area contributed by atoms with Crippen LogP contribution in [0.2, 0.25) is 0 Å². The van der Waals surface area contributed by atoms with Crippen molar-refractivity contribution in [2.24, 2.45) is 5.73 Å². The lowest BCUT2D eigenvalue weighted by atomic mass is 10.0. The molecule has 0 radical (unpaired) electrons. The molecule has 3 aromatic rings. The van der Waals surface area contributed by atoms with E-state index < -0.39 is 29.6 Å². The monoisotopic (exact) mass is 476 g/mol. The van der Waals surface area contributed by atoms with Gasteiger partial charge in [-0.1, -0.05) is 42.5 Å². The number of fused-ring (bicyclic) bond motifs is 1. The molecule has 3 aromatic carbocycles. The molecule has 0 spiro atoms. The van der Waals surface area contributed by atoms with E-state index in [-0.39, 0.29) is 10.7 Å². The Hall–Kier alpha value is -4.11. The largest absolute Gasteiger partial charge is 0.490 e. The fourth-order valence-electron chi connectivity index (χ4n) is 3.47. The topological polar surface area (TPSA) is 116 Å². The van der Waals surface area contributed by atoms with E-state index in [4.69, 9.17) is 15.2 Å². The third-order valence-electron chi connectivity index (χ3n) is 4.97. The van der Waals surface area contributed by atoms with Gasteiger partial charge in [0.25, 0.3) is 11.1 Å². The Kier molecular flexibility index (Phi) is 6.65. The maximum atomic E-state index is 12.9. The van der Waals surface area contributed by atoms with Gasteiger partial charge in [0.15, 0.2) is 11.5 Å². The third-order valence-corrected chi connectivity index (χ3v) is 5.87. The molecule has 0 bridgehead atoms. The maximum Gasteiger partial charge on any atom is 0.344 e. The highest BCUT2D eigenvalue weighted by Gasteiger charge is 2.35. The standard InChI is InChI=1S/C25H20N2O6S/c1-2-32-20-12-15(13-21-23(29)27(14-22(26)28)25(31)34-21)10-11-19(20)33-24(30)18-9-5-7-16-6-3-4-8-17(16)18/h3-13H,2,14H2,1H3,(H2,26,28)/b21-13-. The summed E-state index contributed by atoms with van der Waals surface area (Å²) < 4.78 is 11.3. The van der Waals surface area contributed by atoms with Crippen LogP contribution in [0.15, 0.2) is 65.6 Å². The van der Waals surface area contributed by atoms with Crippen molar-refractivity contribution < 1.29 is 28.7 Å². The molecule has 0 aliphatic carbocycles. The fourth-order valence-corrected chi connectivity index (χ4v) is 4.31. The molecule has 9 heteroatoms. The number of carbonyl (C=O) groups excluding carboxylic acids is 4. The number of benzene rings is 3. The second-order valence-electron chi connectivity index (χ2n) is 7.29. The van der Waals surface area contributed by atoms with Gasteiger partial charge in [-0.3, -0.25) is 19.3 Å². The summed E-state index contributed by atoms with van der Waals surface area (Å²) in [6.45, 7) is 1.63. The zero-order valence-electron chi connectivity index (χ0n) is 18.1. The van der Waals surface area contributed by atoms with E-state index >= 15 is 0 Å². The summed E-state index contributed by atoms with van der Waals surface area (Å²) in [6, 6.07) is 17.7. The molecule has 8 nitrogen and oxygen atoms in total. The van der Waals surface area contributed by atoms with Crippen molar-refractivity contribution in [1.82, 2.24) is 4.90 Å². The summed E-state index contributed by atoms with van der Waals surface area (Å²) in [5.74, 6) is -1.38. The minimum absolute atomic E-state index is 0.147. The number of amides is 3. The Morgan fingerprint density at radius 1 is 1.03 bits per heavy atom. The number of nitrogens with two attached hydrogens (primary N) is 1. The van der Waals surface area contributed by atoms with Crippen LogP contribution < -0.4 is 15.2 Å². The zero-order chi connectivity index (χ0) is 24.2. The highest BCUT2D eigenvalue weighted by atomic mass is 32.2. The number of imide groups is 1. The summed E-state index contributed by atoms with van der Waals surface area (Å²) in [5, 5.41) is 1.12. The van der Waals surface area contributed by atoms with Gasteiger partial charge in [-0.05, 0) is 59.3 Å². The van der Waals surface area contributed by atoms with Crippen molar-refractivity contribution in [3.8, 4) is 11.5 Å². The molecular formula is C25H20N2O6S. The number of carbonyl (C=O) groups is 4. The molecule has 34 heavy (non-hydrogen) atoms. The highest BCUT2D eigenvalue weighted by molar-refractivity contribution is 8.18. The lowest BCUT2D eigenvalue weighted by Gasteiger charge is -2.12. The van der Waals surface area contributed by atoms with E-state index in [2.05, 4.69) is 0 Å². The summed E-state index contributed by atoms with van der Waals surface area (Å²) in [6.07, 6.45) is 1.50. The Morgan fingerprint density at radius 3 is 2.56 bits per heavy atom. The molecule has 4 rings (SSSR count). The quantitative estimate of drug-likeness (QED) is 0.311. The van der Waals surface area contributed by atoms with Crippen LogP contribution >= 0.6 is 11.8 Å². The van der Waals surface area contributed by atoms with Crippen LogP contribution in [0.3, 0.4) is 0 Å². The normalized spacial score (nSPS) is 14.6. The van der Waals surface area contributed by atoms with Gasteiger partial charge in [0.05, 0.1) is 17.1 Å². The Bertz CT molecular complexity index is 1340. The first-order chi connectivity index (χ1) is 16.4. The Labute approximate surface area is 199 Å². The molecule has 0 saturated carbocycles. The van der Waals surface area contributed by atoms with Crippen LogP contribution in [-0.4, -0.2) is 41.1 Å². The number of thioether (sulfide) groups is 1. The van der Waals surface area contributed by atoms with Gasteiger partial charge in [-0.15, -0.1) is 0 Å². The van der Waals surface area contributed by atoms with E-state index in [0.29, 0.717) is 35.2 Å². The maximum absolute atomic E-state index is 12.9. The van der Waals surface area contributed by atoms with Crippen LogP contribution in [0.5, 0.6) is 11.5 Å². The number of hydrogen-bond acceptors (Lipinski definition) is 7. The smallest absolute Gasteiger partial charge is 0.344 e. The molecular weight excluding hydrogens is 456 g/mol. The van der Waals surface area contributed by atoms with Crippen LogP contribution in [0.4, 0.5) is 4.79 Å². The number of rotatable bonds is 7. The van der Waals surface area contributed by atoms with Crippen molar-refractivity contribution in [1.29, 1.82) is 0 Å². The number of ether oxygens (including phenoxy) is 2. The Balaban J connectivity index is 1.60. The number of nitrogens with zero attached hydrogens (tertiary/aromatic N) is 1. The molecule has 1 aliphatic heterocycles. The predicted octanol–water partition coefficient (Wildman–Crippen LogP) is 3.98. The van der Waals surface area contributed by atoms with Crippen molar-refractivity contribution in [3.05, 3.63) is 76.7 Å². The van der Waals surface area contributed by atoms with E-state index in [9.17, 15) is 19.2 Å². The average Bonchev–Trinajstić information content (AvgIpc) is 3.07. The van der Waals surface area contributed by atoms with Crippen molar-refractivity contribution in [2.75, 3.05) is 13.2 Å². The van der Waals surface area contributed by atoms with E-state index in [1.165, 1.54) is 6.08 Å². The van der Waals surface area contributed by atoms with Crippen molar-refractivity contribution in [3.63, 3.8) is 0 Å². The minimum Gasteiger partial charge on any atom is -0.490 e. The summed E-state index contributed by atoms with van der Waals surface area (Å²) in [7, 11) is 0. The van der Waals surface area contributed by atoms with Gasteiger partial charge in [-0.2, -0.15) is 0 Å². The molecule has 3 amide bonds. The highest BCUT2D eigenvalue weighted by Crippen LogP contribution is 2.35. The minimum atomic E-state index is -0.778. The fraction of sp³-hybridized carbons (Fsp3) is 0.120. The molecule has 2 N–H and O–H groups in total. The second kappa shape index (κ2) is 9.80. The number of hydrogen-bond donors (Lipinski definition) is 1. The van der Waals surface area contributed by atoms with Gasteiger partial charge in [0, 0.05) is 0 Å². The van der Waals surface area contributed by atoms with Crippen LogP contribution in [-0.2, 0) is 9.59 Å². The second-order valence-corrected chi connectivity index (χ2v) is 8.28. The van der Waals surface area contributed by atoms with E-state index in [1.54, 1.807) is 37.3 Å². The summed E-state index contributed by atoms with van der Waals surface area (Å²) in [4.78, 5) is 49.5. The van der Waals surface area contributed by atoms with Gasteiger partial charge < -0.3 is 15.2 Å². The lowest BCUT2D eigenvalue weighted by molar-refractivity contribution is -0.127. The van der Waals surface area contributed by atoms with Crippen LogP contribution in [0.25, 0.3) is 16.8 Å². The SMILES string of the molecule is CCOc1cc(/C=C2\SC(=O)N(CC(N)=O)C2=O)ccc1OC(=O)c1cccc2ccccc12. The molecule has 1 saturated heterocycles. The predicted molar refractivity (Wildman–Crippen MR) is 128 cm³/mol. The summed E-state index contributed by atoms with van der Waals surface area (Å²) >= 11 is 0.716. The lowest BCUT2D eigenvalue weighted by Crippen LogP contribution is -2.36. The van der Waals surface area contributed by atoms with Gasteiger partial charge >= 0.3 is 5.97 Å². The first kappa shape index (κ1) is 23.1. The molecule has 1 heterocycles. The Morgan fingerprint density at radius 2 is 1.79 bits per heavy atom. The van der Waals surface area contributed by atoms with Gasteiger partial charge in [0.1, 0.15) is 6.54 Å². The number of esters is 1. The third kappa shape index (κ3) is 4.79.